The summed E-state index contributed by atoms with van der Waals surface area (Å²) in [7, 11) is 3.50. The van der Waals surface area contributed by atoms with Crippen LogP contribution in [0.4, 0.5) is 11.5 Å². The fourth-order valence-corrected chi connectivity index (χ4v) is 3.06. The lowest BCUT2D eigenvalue weighted by molar-refractivity contribution is 0.417. The van der Waals surface area contributed by atoms with Gasteiger partial charge in [-0.05, 0) is 41.6 Å². The van der Waals surface area contributed by atoms with Gasteiger partial charge in [-0.1, -0.05) is 24.8 Å². The Labute approximate surface area is 159 Å². The summed E-state index contributed by atoms with van der Waals surface area (Å²) in [5.41, 5.74) is 4.52. The van der Waals surface area contributed by atoms with Gasteiger partial charge in [0.15, 0.2) is 0 Å². The number of anilines is 2. The fourth-order valence-electron chi connectivity index (χ4n) is 3.06. The summed E-state index contributed by atoms with van der Waals surface area (Å²) in [5.74, 6) is 1.60. The summed E-state index contributed by atoms with van der Waals surface area (Å²) in [4.78, 5) is 4.48. The number of benzene rings is 2. The van der Waals surface area contributed by atoms with Crippen LogP contribution >= 0.6 is 0 Å². The molecule has 0 amide bonds. The molecule has 136 valence electrons. The highest BCUT2D eigenvalue weighted by atomic mass is 16.5. The minimum absolute atomic E-state index is 0.369. The molecule has 5 heteroatoms. The molecule has 3 aromatic rings. The SMILES string of the molecule is C=C(C#N)CNc1c(OC)ccc2ccc(-c3cnc(NC)c(C)c3)cc12. The Hall–Kier alpha value is -3.52. The van der Waals surface area contributed by atoms with Crippen LogP contribution in [0.3, 0.4) is 0 Å². The smallest absolute Gasteiger partial charge is 0.142 e. The van der Waals surface area contributed by atoms with E-state index in [1.807, 2.05) is 32.3 Å². The zero-order valence-electron chi connectivity index (χ0n) is 15.8. The minimum atomic E-state index is 0.369. The van der Waals surface area contributed by atoms with Crippen molar-refractivity contribution in [3.05, 3.63) is 60.3 Å². The molecule has 0 aliphatic heterocycles. The highest BCUT2D eigenvalue weighted by Crippen LogP contribution is 2.36. The van der Waals surface area contributed by atoms with E-state index in [9.17, 15) is 0 Å². The van der Waals surface area contributed by atoms with Crippen LogP contribution in [0.25, 0.3) is 21.9 Å². The van der Waals surface area contributed by atoms with E-state index in [1.165, 1.54) is 0 Å². The topological polar surface area (TPSA) is 70.0 Å². The molecule has 0 aliphatic rings. The lowest BCUT2D eigenvalue weighted by Crippen LogP contribution is -2.05. The summed E-state index contributed by atoms with van der Waals surface area (Å²) in [6.07, 6.45) is 1.87. The Kier molecular flexibility index (Phi) is 5.28. The number of pyridine rings is 1. The molecule has 1 heterocycles. The molecule has 0 unspecified atom stereocenters. The number of hydrogen-bond acceptors (Lipinski definition) is 5. The number of methoxy groups -OCH3 is 1. The molecule has 0 radical (unpaired) electrons. The largest absolute Gasteiger partial charge is 0.495 e. The summed E-state index contributed by atoms with van der Waals surface area (Å²) in [6.45, 7) is 6.14. The van der Waals surface area contributed by atoms with Gasteiger partial charge in [0, 0.05) is 36.3 Å². The van der Waals surface area contributed by atoms with Crippen molar-refractivity contribution in [1.82, 2.24) is 4.98 Å². The molecule has 0 aliphatic carbocycles. The Morgan fingerprint density at radius 1 is 1.22 bits per heavy atom. The van der Waals surface area contributed by atoms with Crippen molar-refractivity contribution in [1.29, 1.82) is 5.26 Å². The van der Waals surface area contributed by atoms with Crippen molar-refractivity contribution in [2.75, 3.05) is 31.3 Å². The van der Waals surface area contributed by atoms with Crippen molar-refractivity contribution < 1.29 is 4.74 Å². The maximum atomic E-state index is 8.98. The number of nitrogens with one attached hydrogen (secondary N) is 2. The van der Waals surface area contributed by atoms with Gasteiger partial charge in [0.05, 0.1) is 18.9 Å². The molecule has 1 aromatic heterocycles. The maximum Gasteiger partial charge on any atom is 0.142 e. The third kappa shape index (κ3) is 3.70. The van der Waals surface area contributed by atoms with E-state index in [0.29, 0.717) is 12.1 Å². The minimum Gasteiger partial charge on any atom is -0.495 e. The lowest BCUT2D eigenvalue weighted by Gasteiger charge is -2.15. The molecule has 2 N–H and O–H groups in total. The summed E-state index contributed by atoms with van der Waals surface area (Å²) in [6, 6.07) is 14.4. The fraction of sp³-hybridized carbons (Fsp3) is 0.182. The Morgan fingerprint density at radius 2 is 2.00 bits per heavy atom. The Morgan fingerprint density at radius 3 is 2.67 bits per heavy atom. The van der Waals surface area contributed by atoms with Gasteiger partial charge in [0.2, 0.25) is 0 Å². The van der Waals surface area contributed by atoms with Gasteiger partial charge in [-0.2, -0.15) is 5.26 Å². The molecule has 0 bridgehead atoms. The van der Waals surface area contributed by atoms with Gasteiger partial charge in [-0.3, -0.25) is 0 Å². The number of aromatic nitrogens is 1. The number of ether oxygens (including phenoxy) is 1. The molecule has 27 heavy (non-hydrogen) atoms. The number of nitriles is 1. The van der Waals surface area contributed by atoms with Gasteiger partial charge >= 0.3 is 0 Å². The van der Waals surface area contributed by atoms with Crippen LogP contribution in [0.5, 0.6) is 5.75 Å². The molecule has 0 fully saturated rings. The molecule has 0 saturated carbocycles. The highest BCUT2D eigenvalue weighted by Gasteiger charge is 2.11. The van der Waals surface area contributed by atoms with Crippen molar-refractivity contribution in [3.63, 3.8) is 0 Å². The van der Waals surface area contributed by atoms with Crippen LogP contribution in [-0.4, -0.2) is 25.7 Å². The zero-order chi connectivity index (χ0) is 19.4. The highest BCUT2D eigenvalue weighted by molar-refractivity contribution is 5.99. The molecule has 0 atom stereocenters. The van der Waals surface area contributed by atoms with Crippen molar-refractivity contribution in [2.45, 2.75) is 6.92 Å². The second-order valence-corrected chi connectivity index (χ2v) is 6.29. The first-order valence-electron chi connectivity index (χ1n) is 8.64. The van der Waals surface area contributed by atoms with Crippen LogP contribution in [0.15, 0.2) is 54.7 Å². The van der Waals surface area contributed by atoms with Crippen molar-refractivity contribution >= 4 is 22.3 Å². The predicted molar refractivity (Wildman–Crippen MR) is 111 cm³/mol. The molecular weight excluding hydrogens is 336 g/mol. The maximum absolute atomic E-state index is 8.98. The van der Waals surface area contributed by atoms with E-state index >= 15 is 0 Å². The first-order valence-corrected chi connectivity index (χ1v) is 8.64. The molecule has 3 rings (SSSR count). The average Bonchev–Trinajstić information content (AvgIpc) is 2.70. The molecule has 5 nitrogen and oxygen atoms in total. The molecule has 0 spiro atoms. The van der Waals surface area contributed by atoms with Crippen LogP contribution in [0.1, 0.15) is 5.56 Å². The number of rotatable bonds is 6. The van der Waals surface area contributed by atoms with E-state index in [0.717, 1.165) is 44.7 Å². The molecule has 0 saturated heterocycles. The quantitative estimate of drug-likeness (QED) is 0.622. The van der Waals surface area contributed by atoms with E-state index in [-0.39, 0.29) is 0 Å². The van der Waals surface area contributed by atoms with Gasteiger partial charge in [0.1, 0.15) is 11.6 Å². The number of fused-ring (bicyclic) bond motifs is 1. The monoisotopic (exact) mass is 358 g/mol. The third-order valence-electron chi connectivity index (χ3n) is 4.49. The first-order chi connectivity index (χ1) is 13.1. The van der Waals surface area contributed by atoms with Gasteiger partial charge in [-0.25, -0.2) is 4.98 Å². The summed E-state index contributed by atoms with van der Waals surface area (Å²) < 4.78 is 5.52. The second kappa shape index (κ2) is 7.79. The van der Waals surface area contributed by atoms with Crippen molar-refractivity contribution in [3.8, 4) is 22.9 Å². The van der Waals surface area contributed by atoms with E-state index in [4.69, 9.17) is 10.00 Å². The number of hydrogen-bond donors (Lipinski definition) is 2. The number of nitrogens with zero attached hydrogens (tertiary/aromatic N) is 2. The summed E-state index contributed by atoms with van der Waals surface area (Å²) in [5, 5.41) is 17.5. The van der Waals surface area contributed by atoms with E-state index in [1.54, 1.807) is 7.11 Å². The van der Waals surface area contributed by atoms with Crippen LogP contribution in [0, 0.1) is 18.3 Å². The lowest BCUT2D eigenvalue weighted by atomic mass is 10.00. The first kappa shape index (κ1) is 18.3. The van der Waals surface area contributed by atoms with Gasteiger partial charge < -0.3 is 15.4 Å². The number of aryl methyl sites for hydroxylation is 1. The van der Waals surface area contributed by atoms with E-state index < -0.39 is 0 Å². The van der Waals surface area contributed by atoms with Crippen LogP contribution in [0.2, 0.25) is 0 Å². The second-order valence-electron chi connectivity index (χ2n) is 6.29. The average molecular weight is 358 g/mol. The molecule has 2 aromatic carbocycles. The third-order valence-corrected chi connectivity index (χ3v) is 4.49. The van der Waals surface area contributed by atoms with Crippen LogP contribution < -0.4 is 15.4 Å². The standard InChI is InChI=1S/C22H22N4O/c1-14(11-23)12-25-21-19-10-17(6-5-16(19)7-8-20(21)27-4)18-9-15(2)22(24-3)26-13-18/h5-10,13,25H,1,12H2,2-4H3,(H,24,26). The Balaban J connectivity index is 2.11. The van der Waals surface area contributed by atoms with E-state index in [2.05, 4.69) is 52.5 Å². The van der Waals surface area contributed by atoms with Gasteiger partial charge in [-0.15, -0.1) is 0 Å². The zero-order valence-corrected chi connectivity index (χ0v) is 15.8. The predicted octanol–water partition coefficient (Wildman–Crippen LogP) is 4.75. The van der Waals surface area contributed by atoms with Gasteiger partial charge in [0.25, 0.3) is 0 Å². The van der Waals surface area contributed by atoms with Crippen LogP contribution in [-0.2, 0) is 0 Å². The normalized spacial score (nSPS) is 10.3. The Bertz CT molecular complexity index is 1050. The molecular formula is C22H22N4O. The summed E-state index contributed by atoms with van der Waals surface area (Å²) >= 11 is 0. The van der Waals surface area contributed by atoms with Crippen molar-refractivity contribution in [2.24, 2.45) is 0 Å².